The Labute approximate surface area is 116 Å². The predicted octanol–water partition coefficient (Wildman–Crippen LogP) is 2.89. The van der Waals surface area contributed by atoms with E-state index < -0.39 is 11.6 Å². The van der Waals surface area contributed by atoms with E-state index in [1.807, 2.05) is 0 Å². The largest absolute Gasteiger partial charge is 0.507 e. The van der Waals surface area contributed by atoms with Crippen LogP contribution in [0.2, 0.25) is 0 Å². The van der Waals surface area contributed by atoms with E-state index in [1.165, 1.54) is 0 Å². The molecule has 0 amide bonds. The number of rotatable bonds is 2. The average Bonchev–Trinajstić information content (AvgIpc) is 2.66. The number of aromatic hydroxyl groups is 1. The van der Waals surface area contributed by atoms with E-state index >= 15 is 0 Å². The number of fused-ring (bicyclic) bond motifs is 1. The van der Waals surface area contributed by atoms with Crippen LogP contribution < -0.4 is 0 Å². The lowest BCUT2D eigenvalue weighted by Crippen LogP contribution is -2.23. The second-order valence-electron chi connectivity index (χ2n) is 5.66. The van der Waals surface area contributed by atoms with Gasteiger partial charge in [0.1, 0.15) is 16.9 Å². The van der Waals surface area contributed by atoms with Crippen molar-refractivity contribution in [3.8, 4) is 5.75 Å². The molecule has 0 saturated heterocycles. The summed E-state index contributed by atoms with van der Waals surface area (Å²) in [5, 5.41) is 19.7. The zero-order valence-corrected chi connectivity index (χ0v) is 12.0. The van der Waals surface area contributed by atoms with Crippen LogP contribution in [-0.4, -0.2) is 21.8 Å². The molecule has 1 aromatic carbocycles. The third-order valence-electron chi connectivity index (χ3n) is 2.91. The molecule has 1 heterocycles. The summed E-state index contributed by atoms with van der Waals surface area (Å²) in [4.78, 5) is 12.1. The first-order chi connectivity index (χ1) is 9.24. The number of carbonyl (C=O) groups is 1. The van der Waals surface area contributed by atoms with Crippen molar-refractivity contribution in [3.05, 3.63) is 29.0 Å². The van der Waals surface area contributed by atoms with E-state index in [2.05, 4.69) is 0 Å². The van der Waals surface area contributed by atoms with Crippen LogP contribution >= 0.6 is 0 Å². The van der Waals surface area contributed by atoms with Crippen LogP contribution in [0, 0.1) is 6.92 Å². The van der Waals surface area contributed by atoms with Crippen LogP contribution in [0.15, 0.2) is 16.5 Å². The van der Waals surface area contributed by atoms with Gasteiger partial charge in [-0.05, 0) is 39.8 Å². The maximum atomic E-state index is 12.1. The Balaban J connectivity index is 2.55. The van der Waals surface area contributed by atoms with Crippen LogP contribution in [0.25, 0.3) is 11.0 Å². The topological polar surface area (TPSA) is 79.9 Å². The minimum atomic E-state index is -0.624. The number of aryl methyl sites for hydroxylation is 1. The molecule has 2 aromatic rings. The zero-order chi connectivity index (χ0) is 15.1. The van der Waals surface area contributed by atoms with Gasteiger partial charge in [0, 0.05) is 11.1 Å². The molecular weight excluding hydrogens is 260 g/mol. The molecule has 0 unspecified atom stereocenters. The quantitative estimate of drug-likeness (QED) is 0.826. The molecule has 0 bridgehead atoms. The first kappa shape index (κ1) is 14.4. The summed E-state index contributed by atoms with van der Waals surface area (Å²) in [6, 6.07) is 3.17. The zero-order valence-electron chi connectivity index (χ0n) is 12.0. The molecule has 5 heteroatoms. The van der Waals surface area contributed by atoms with Crippen LogP contribution in [0.3, 0.4) is 0 Å². The molecule has 0 atom stereocenters. The van der Waals surface area contributed by atoms with Gasteiger partial charge in [0.05, 0.1) is 12.0 Å². The van der Waals surface area contributed by atoms with Gasteiger partial charge in [-0.1, -0.05) is 0 Å². The summed E-state index contributed by atoms with van der Waals surface area (Å²) >= 11 is 0. The van der Waals surface area contributed by atoms with Crippen molar-refractivity contribution in [1.82, 2.24) is 0 Å². The maximum absolute atomic E-state index is 12.1. The van der Waals surface area contributed by atoms with Crippen molar-refractivity contribution in [3.63, 3.8) is 0 Å². The number of aliphatic hydroxyl groups is 1. The number of aliphatic hydroxyl groups excluding tert-OH is 1. The number of hydrogen-bond acceptors (Lipinski definition) is 5. The second-order valence-corrected chi connectivity index (χ2v) is 5.66. The fourth-order valence-electron chi connectivity index (χ4n) is 2.01. The predicted molar refractivity (Wildman–Crippen MR) is 73.7 cm³/mol. The number of ether oxygens (including phenoxy) is 1. The Bertz CT molecular complexity index is 661. The molecule has 20 heavy (non-hydrogen) atoms. The number of phenols is 1. The maximum Gasteiger partial charge on any atom is 0.375 e. The fraction of sp³-hybridized carbons (Fsp3) is 0.400. The Morgan fingerprint density at radius 1 is 1.35 bits per heavy atom. The molecule has 0 aliphatic rings. The molecule has 2 rings (SSSR count). The van der Waals surface area contributed by atoms with Crippen molar-refractivity contribution in [2.45, 2.75) is 39.9 Å². The Morgan fingerprint density at radius 3 is 2.55 bits per heavy atom. The Kier molecular flexibility index (Phi) is 3.48. The molecule has 5 nitrogen and oxygen atoms in total. The van der Waals surface area contributed by atoms with Gasteiger partial charge in [-0.3, -0.25) is 0 Å². The molecule has 108 valence electrons. The first-order valence-corrected chi connectivity index (χ1v) is 6.32. The summed E-state index contributed by atoms with van der Waals surface area (Å²) in [6.45, 7) is 6.69. The third-order valence-corrected chi connectivity index (χ3v) is 2.91. The van der Waals surface area contributed by atoms with Gasteiger partial charge in [-0.2, -0.15) is 0 Å². The van der Waals surface area contributed by atoms with E-state index in [0.717, 1.165) is 0 Å². The van der Waals surface area contributed by atoms with Gasteiger partial charge in [-0.25, -0.2) is 4.79 Å². The lowest BCUT2D eigenvalue weighted by molar-refractivity contribution is 0.00371. The van der Waals surface area contributed by atoms with E-state index in [1.54, 1.807) is 39.8 Å². The summed E-state index contributed by atoms with van der Waals surface area (Å²) in [7, 11) is 0. The fourth-order valence-corrected chi connectivity index (χ4v) is 2.01. The first-order valence-electron chi connectivity index (χ1n) is 6.32. The minimum absolute atomic E-state index is 0.0685. The van der Waals surface area contributed by atoms with Crippen LogP contribution in [0.4, 0.5) is 0 Å². The highest BCUT2D eigenvalue weighted by Gasteiger charge is 2.25. The summed E-state index contributed by atoms with van der Waals surface area (Å²) < 4.78 is 10.7. The third kappa shape index (κ3) is 2.49. The lowest BCUT2D eigenvalue weighted by Gasteiger charge is -2.18. The highest BCUT2D eigenvalue weighted by atomic mass is 16.6. The standard InChI is InChI=1S/C15H18O5/c1-8-11-10(6-5-9(7-16)12(11)17)19-13(8)14(18)20-15(2,3)4/h5-6,16-17H,7H2,1-4H3. The Morgan fingerprint density at radius 2 is 2.00 bits per heavy atom. The van der Waals surface area contributed by atoms with E-state index in [-0.39, 0.29) is 18.1 Å². The van der Waals surface area contributed by atoms with Gasteiger partial charge in [0.25, 0.3) is 0 Å². The minimum Gasteiger partial charge on any atom is -0.507 e. The molecule has 0 saturated carbocycles. The van der Waals surface area contributed by atoms with Crippen LogP contribution in [-0.2, 0) is 11.3 Å². The van der Waals surface area contributed by atoms with Crippen molar-refractivity contribution in [2.75, 3.05) is 0 Å². The van der Waals surface area contributed by atoms with Gasteiger partial charge < -0.3 is 19.4 Å². The van der Waals surface area contributed by atoms with Crippen LogP contribution in [0.1, 0.15) is 42.5 Å². The summed E-state index contributed by atoms with van der Waals surface area (Å²) in [5.41, 5.74) is 0.651. The lowest BCUT2D eigenvalue weighted by atomic mass is 10.1. The normalized spacial score (nSPS) is 11.8. The van der Waals surface area contributed by atoms with Crippen molar-refractivity contribution < 1.29 is 24.2 Å². The molecular formula is C15H18O5. The van der Waals surface area contributed by atoms with Gasteiger partial charge in [0.15, 0.2) is 0 Å². The summed E-state index contributed by atoms with van der Waals surface area (Å²) in [5.74, 6) is -0.572. The van der Waals surface area contributed by atoms with E-state index in [0.29, 0.717) is 22.1 Å². The molecule has 0 aliphatic carbocycles. The van der Waals surface area contributed by atoms with Gasteiger partial charge >= 0.3 is 5.97 Å². The number of furan rings is 1. The second kappa shape index (κ2) is 4.83. The average molecular weight is 278 g/mol. The molecule has 0 spiro atoms. The van der Waals surface area contributed by atoms with E-state index in [4.69, 9.17) is 14.3 Å². The highest BCUT2D eigenvalue weighted by Crippen LogP contribution is 2.35. The number of hydrogen-bond donors (Lipinski definition) is 2. The number of esters is 1. The van der Waals surface area contributed by atoms with Crippen LogP contribution in [0.5, 0.6) is 5.75 Å². The number of carbonyl (C=O) groups excluding carboxylic acids is 1. The smallest absolute Gasteiger partial charge is 0.375 e. The van der Waals surface area contributed by atoms with Crippen molar-refractivity contribution in [2.24, 2.45) is 0 Å². The molecule has 0 aliphatic heterocycles. The van der Waals surface area contributed by atoms with Crippen molar-refractivity contribution in [1.29, 1.82) is 0 Å². The molecule has 0 radical (unpaired) electrons. The molecule has 1 aromatic heterocycles. The summed E-state index contributed by atoms with van der Waals surface area (Å²) in [6.07, 6.45) is 0. The van der Waals surface area contributed by atoms with Crippen molar-refractivity contribution >= 4 is 16.9 Å². The molecule has 2 N–H and O–H groups in total. The molecule has 0 fully saturated rings. The monoisotopic (exact) mass is 278 g/mol. The highest BCUT2D eigenvalue weighted by molar-refractivity contribution is 5.98. The van der Waals surface area contributed by atoms with Gasteiger partial charge in [0.2, 0.25) is 5.76 Å². The number of benzene rings is 1. The SMILES string of the molecule is Cc1c(C(=O)OC(C)(C)C)oc2ccc(CO)c(O)c12. The Hall–Kier alpha value is -2.01. The van der Waals surface area contributed by atoms with Gasteiger partial charge in [-0.15, -0.1) is 0 Å². The van der Waals surface area contributed by atoms with E-state index in [9.17, 15) is 9.90 Å².